The number of aromatic nitrogens is 4. The lowest BCUT2D eigenvalue weighted by Gasteiger charge is -2.17. The van der Waals surface area contributed by atoms with Crippen LogP contribution >= 0.6 is 0 Å². The van der Waals surface area contributed by atoms with Crippen LogP contribution in [-0.4, -0.2) is 43.5 Å². The second-order valence-corrected chi connectivity index (χ2v) is 7.24. The Balaban J connectivity index is 1.85. The van der Waals surface area contributed by atoms with Gasteiger partial charge in [0.2, 0.25) is 5.91 Å². The number of fused-ring (bicyclic) bond motifs is 1. The summed E-state index contributed by atoms with van der Waals surface area (Å²) in [5, 5.41) is 9.70. The van der Waals surface area contributed by atoms with E-state index in [9.17, 15) is 9.59 Å². The molecule has 0 aliphatic carbocycles. The lowest BCUT2D eigenvalue weighted by Crippen LogP contribution is -2.36. The standard InChI is InChI=1S/C20H23N5O2/c1-14(2)18-16-12-21-25(15-8-4-3-5-9-15)19(16)20(27)24(22-18)13-17(26)23-10-6-7-11-23/h3-5,8-9,12,14H,6-7,10-11,13H2,1-2H3. The molecule has 0 spiro atoms. The molecule has 0 bridgehead atoms. The van der Waals surface area contributed by atoms with Gasteiger partial charge in [-0.25, -0.2) is 9.36 Å². The molecule has 7 nitrogen and oxygen atoms in total. The van der Waals surface area contributed by atoms with Crippen LogP contribution in [0.4, 0.5) is 0 Å². The first-order chi connectivity index (χ1) is 13.1. The number of carbonyl (C=O) groups excluding carboxylic acids is 1. The van der Waals surface area contributed by atoms with Crippen LogP contribution in [0.2, 0.25) is 0 Å². The molecular weight excluding hydrogens is 342 g/mol. The molecule has 0 atom stereocenters. The van der Waals surface area contributed by atoms with Crippen LogP contribution in [0.5, 0.6) is 0 Å². The summed E-state index contributed by atoms with van der Waals surface area (Å²) < 4.78 is 2.95. The summed E-state index contributed by atoms with van der Waals surface area (Å²) in [4.78, 5) is 27.6. The summed E-state index contributed by atoms with van der Waals surface area (Å²) in [6.07, 6.45) is 3.73. The zero-order valence-corrected chi connectivity index (χ0v) is 15.6. The van der Waals surface area contributed by atoms with E-state index in [0.29, 0.717) is 5.52 Å². The second-order valence-electron chi connectivity index (χ2n) is 7.24. The van der Waals surface area contributed by atoms with Gasteiger partial charge < -0.3 is 4.90 Å². The first kappa shape index (κ1) is 17.5. The lowest BCUT2D eigenvalue weighted by atomic mass is 10.1. The summed E-state index contributed by atoms with van der Waals surface area (Å²) in [6.45, 7) is 5.54. The molecule has 2 aromatic heterocycles. The molecule has 140 valence electrons. The molecule has 1 aromatic carbocycles. The summed E-state index contributed by atoms with van der Waals surface area (Å²) in [6, 6.07) is 9.54. The molecule has 27 heavy (non-hydrogen) atoms. The van der Waals surface area contributed by atoms with Crippen molar-refractivity contribution in [3.05, 3.63) is 52.6 Å². The van der Waals surface area contributed by atoms with Gasteiger partial charge in [0, 0.05) is 18.5 Å². The second kappa shape index (κ2) is 6.98. The van der Waals surface area contributed by atoms with Crippen molar-refractivity contribution in [1.29, 1.82) is 0 Å². The van der Waals surface area contributed by atoms with Crippen LogP contribution in [0, 0.1) is 0 Å². The first-order valence-electron chi connectivity index (χ1n) is 9.38. The Hall–Kier alpha value is -2.96. The molecule has 0 N–H and O–H groups in total. The van der Waals surface area contributed by atoms with Gasteiger partial charge in [-0.3, -0.25) is 9.59 Å². The van der Waals surface area contributed by atoms with Crippen LogP contribution in [0.1, 0.15) is 38.3 Å². The van der Waals surface area contributed by atoms with Gasteiger partial charge in [-0.15, -0.1) is 0 Å². The van der Waals surface area contributed by atoms with E-state index in [2.05, 4.69) is 10.2 Å². The van der Waals surface area contributed by atoms with Crippen molar-refractivity contribution in [2.24, 2.45) is 0 Å². The molecule has 1 fully saturated rings. The molecule has 0 saturated carbocycles. The van der Waals surface area contributed by atoms with Gasteiger partial charge in [-0.2, -0.15) is 10.2 Å². The Kier molecular flexibility index (Phi) is 4.51. The fraction of sp³-hybridized carbons (Fsp3) is 0.400. The minimum Gasteiger partial charge on any atom is -0.341 e. The average molecular weight is 365 g/mol. The fourth-order valence-electron chi connectivity index (χ4n) is 3.59. The Labute approximate surface area is 157 Å². The highest BCUT2D eigenvalue weighted by Crippen LogP contribution is 2.23. The topological polar surface area (TPSA) is 73.0 Å². The molecule has 1 amide bonds. The molecule has 3 heterocycles. The molecule has 0 unspecified atom stereocenters. The van der Waals surface area contributed by atoms with E-state index in [1.54, 1.807) is 10.9 Å². The molecular formula is C20H23N5O2. The quantitative estimate of drug-likeness (QED) is 0.711. The number of carbonyl (C=O) groups is 1. The van der Waals surface area contributed by atoms with Gasteiger partial charge in [0.15, 0.2) is 0 Å². The Morgan fingerprint density at radius 1 is 1.15 bits per heavy atom. The third kappa shape index (κ3) is 3.13. The van der Waals surface area contributed by atoms with Crippen molar-refractivity contribution < 1.29 is 4.79 Å². The fourth-order valence-corrected chi connectivity index (χ4v) is 3.59. The highest BCUT2D eigenvalue weighted by Gasteiger charge is 2.23. The molecule has 4 rings (SSSR count). The monoisotopic (exact) mass is 365 g/mol. The zero-order chi connectivity index (χ0) is 19.0. The van der Waals surface area contributed by atoms with Crippen molar-refractivity contribution >= 4 is 16.8 Å². The molecule has 0 radical (unpaired) electrons. The molecule has 7 heteroatoms. The Morgan fingerprint density at radius 2 is 1.85 bits per heavy atom. The van der Waals surface area contributed by atoms with Crippen molar-refractivity contribution in [2.75, 3.05) is 13.1 Å². The summed E-state index contributed by atoms with van der Waals surface area (Å²) >= 11 is 0. The van der Waals surface area contributed by atoms with Gasteiger partial charge in [-0.1, -0.05) is 32.0 Å². The smallest absolute Gasteiger partial charge is 0.293 e. The summed E-state index contributed by atoms with van der Waals surface area (Å²) in [5.41, 5.74) is 1.77. The summed E-state index contributed by atoms with van der Waals surface area (Å²) in [5.74, 6) is 0.0524. The maximum absolute atomic E-state index is 13.2. The van der Waals surface area contributed by atoms with Crippen molar-refractivity contribution in [3.63, 3.8) is 0 Å². The van der Waals surface area contributed by atoms with Gasteiger partial charge in [0.05, 0.1) is 17.6 Å². The maximum atomic E-state index is 13.2. The highest BCUT2D eigenvalue weighted by atomic mass is 16.2. The molecule has 1 saturated heterocycles. The largest absolute Gasteiger partial charge is 0.341 e. The molecule has 1 aliphatic heterocycles. The van der Waals surface area contributed by atoms with Crippen molar-refractivity contribution in [2.45, 2.75) is 39.2 Å². The number of hydrogen-bond acceptors (Lipinski definition) is 4. The first-order valence-corrected chi connectivity index (χ1v) is 9.38. The SMILES string of the molecule is CC(C)c1nn(CC(=O)N2CCCC2)c(=O)c2c1cnn2-c1ccccc1. The van der Waals surface area contributed by atoms with Gasteiger partial charge >= 0.3 is 0 Å². The minimum absolute atomic E-state index is 0.0333. The predicted octanol–water partition coefficient (Wildman–Crippen LogP) is 2.33. The lowest BCUT2D eigenvalue weighted by molar-refractivity contribution is -0.131. The van der Waals surface area contributed by atoms with Crippen LogP contribution in [0.3, 0.4) is 0 Å². The number of amides is 1. The van der Waals surface area contributed by atoms with E-state index < -0.39 is 0 Å². The maximum Gasteiger partial charge on any atom is 0.293 e. The number of para-hydroxylation sites is 1. The van der Waals surface area contributed by atoms with E-state index >= 15 is 0 Å². The average Bonchev–Trinajstić information content (AvgIpc) is 3.34. The number of benzene rings is 1. The summed E-state index contributed by atoms with van der Waals surface area (Å²) in [7, 11) is 0. The van der Waals surface area contributed by atoms with Crippen molar-refractivity contribution in [1.82, 2.24) is 24.5 Å². The predicted molar refractivity (Wildman–Crippen MR) is 103 cm³/mol. The van der Waals surface area contributed by atoms with Crippen LogP contribution < -0.4 is 5.56 Å². The number of nitrogens with zero attached hydrogens (tertiary/aromatic N) is 5. The molecule has 3 aromatic rings. The Morgan fingerprint density at radius 3 is 2.52 bits per heavy atom. The van der Waals surface area contributed by atoms with Gasteiger partial charge in [0.25, 0.3) is 5.56 Å². The molecule has 1 aliphatic rings. The number of likely N-dealkylation sites (tertiary alicyclic amines) is 1. The minimum atomic E-state index is -0.289. The third-order valence-corrected chi connectivity index (χ3v) is 5.00. The van der Waals surface area contributed by atoms with E-state index in [0.717, 1.165) is 42.7 Å². The van der Waals surface area contributed by atoms with E-state index in [-0.39, 0.29) is 23.9 Å². The van der Waals surface area contributed by atoms with Gasteiger partial charge in [-0.05, 0) is 30.9 Å². The third-order valence-electron chi connectivity index (χ3n) is 5.00. The highest BCUT2D eigenvalue weighted by molar-refractivity contribution is 5.82. The van der Waals surface area contributed by atoms with E-state index in [4.69, 9.17) is 0 Å². The Bertz CT molecular complexity index is 1030. The number of hydrogen-bond donors (Lipinski definition) is 0. The van der Waals surface area contributed by atoms with Gasteiger partial charge in [0.1, 0.15) is 12.1 Å². The number of rotatable bonds is 4. The van der Waals surface area contributed by atoms with Crippen LogP contribution in [-0.2, 0) is 11.3 Å². The zero-order valence-electron chi connectivity index (χ0n) is 15.6. The van der Waals surface area contributed by atoms with Crippen molar-refractivity contribution in [3.8, 4) is 5.69 Å². The normalized spacial score (nSPS) is 14.4. The van der Waals surface area contributed by atoms with Crippen LogP contribution in [0.25, 0.3) is 16.6 Å². The van der Waals surface area contributed by atoms with Crippen LogP contribution in [0.15, 0.2) is 41.3 Å². The van der Waals surface area contributed by atoms with E-state index in [1.165, 1.54) is 4.68 Å². The van der Waals surface area contributed by atoms with E-state index in [1.807, 2.05) is 49.1 Å².